The average Bonchev–Trinajstić information content (AvgIpc) is 2.26. The topological polar surface area (TPSA) is 39.2 Å². The van der Waals surface area contributed by atoms with Crippen molar-refractivity contribution >= 4 is 5.97 Å². The fourth-order valence-electron chi connectivity index (χ4n) is 1.30. The molecule has 1 aromatic heterocycles. The zero-order chi connectivity index (χ0) is 14.8. The van der Waals surface area contributed by atoms with Crippen molar-refractivity contribution in [2.24, 2.45) is 0 Å². The van der Waals surface area contributed by atoms with E-state index in [4.69, 9.17) is 0 Å². The van der Waals surface area contributed by atoms with Crippen LogP contribution in [0.4, 0.5) is 26.3 Å². The van der Waals surface area contributed by atoms with Crippen molar-refractivity contribution < 1.29 is 35.9 Å². The van der Waals surface area contributed by atoms with Crippen molar-refractivity contribution in [2.75, 3.05) is 6.61 Å². The number of nitrogens with zero attached hydrogens (tertiary/aromatic N) is 1. The van der Waals surface area contributed by atoms with Gasteiger partial charge in [-0.15, -0.1) is 0 Å². The van der Waals surface area contributed by atoms with Crippen LogP contribution in [0.25, 0.3) is 0 Å². The second-order valence-corrected chi connectivity index (χ2v) is 3.27. The Kier molecular flexibility index (Phi) is 4.38. The summed E-state index contributed by atoms with van der Waals surface area (Å²) in [5, 5.41) is 0. The first-order valence-corrected chi connectivity index (χ1v) is 4.91. The fourth-order valence-corrected chi connectivity index (χ4v) is 1.30. The van der Waals surface area contributed by atoms with Crippen LogP contribution in [0.2, 0.25) is 0 Å². The molecule has 3 nitrogen and oxygen atoms in total. The first-order chi connectivity index (χ1) is 8.70. The second-order valence-electron chi connectivity index (χ2n) is 3.27. The lowest BCUT2D eigenvalue weighted by Gasteiger charge is -2.14. The normalized spacial score (nSPS) is 11.8. The van der Waals surface area contributed by atoms with Crippen molar-refractivity contribution in [3.8, 4) is 0 Å². The van der Waals surface area contributed by atoms with Crippen molar-refractivity contribution in [3.05, 3.63) is 28.8 Å². The summed E-state index contributed by atoms with van der Waals surface area (Å²) < 4.78 is 80.3. The highest BCUT2D eigenvalue weighted by molar-refractivity contribution is 5.87. The molecule has 0 aromatic carbocycles. The molecule has 1 heterocycles. The largest absolute Gasteiger partial charge is 0.461 e. The zero-order valence-electron chi connectivity index (χ0n) is 9.39. The third-order valence-corrected chi connectivity index (χ3v) is 2.04. The maximum atomic E-state index is 13.5. The number of carbonyl (C=O) groups is 1. The molecule has 0 aliphatic carbocycles. The van der Waals surface area contributed by atoms with Gasteiger partial charge in [-0.2, -0.15) is 13.2 Å². The summed E-state index contributed by atoms with van der Waals surface area (Å²) in [6.07, 6.45) is -8.84. The monoisotopic (exact) mass is 287 g/mol. The summed E-state index contributed by atoms with van der Waals surface area (Å²) in [6.45, 7) is 1.12. The molecule has 0 bridgehead atoms. The molecule has 0 amide bonds. The zero-order valence-corrected chi connectivity index (χ0v) is 9.39. The van der Waals surface area contributed by atoms with Gasteiger partial charge in [-0.3, -0.25) is 0 Å². The van der Waals surface area contributed by atoms with E-state index in [1.54, 1.807) is 0 Å². The molecule has 1 rings (SSSR count). The van der Waals surface area contributed by atoms with Crippen LogP contribution >= 0.6 is 0 Å². The number of hydrogen-bond acceptors (Lipinski definition) is 3. The van der Waals surface area contributed by atoms with Gasteiger partial charge in [0.05, 0.1) is 12.2 Å². The van der Waals surface area contributed by atoms with Crippen molar-refractivity contribution in [1.29, 1.82) is 0 Å². The Balaban J connectivity index is 3.47. The van der Waals surface area contributed by atoms with E-state index >= 15 is 0 Å². The first kappa shape index (κ1) is 15.3. The Morgan fingerprint density at radius 2 is 2.00 bits per heavy atom. The number of ether oxygens (including phenoxy) is 1. The third kappa shape index (κ3) is 3.15. The van der Waals surface area contributed by atoms with Crippen LogP contribution in [0.5, 0.6) is 0 Å². The van der Waals surface area contributed by atoms with Gasteiger partial charge in [0.2, 0.25) is 0 Å². The van der Waals surface area contributed by atoms with E-state index < -0.39 is 41.2 Å². The summed E-state index contributed by atoms with van der Waals surface area (Å²) in [7, 11) is 0. The van der Waals surface area contributed by atoms with E-state index in [2.05, 4.69) is 9.72 Å². The Hall–Kier alpha value is -1.80. The number of hydrogen-bond donors (Lipinski definition) is 0. The molecule has 0 spiro atoms. The summed E-state index contributed by atoms with van der Waals surface area (Å²) in [6, 6.07) is 0. The van der Waals surface area contributed by atoms with E-state index in [1.165, 1.54) is 6.92 Å². The molecule has 1 aromatic rings. The maximum Gasteiger partial charge on any atom is 0.419 e. The van der Waals surface area contributed by atoms with Crippen LogP contribution in [0, 0.1) is 5.82 Å². The highest BCUT2D eigenvalue weighted by atomic mass is 19.4. The Bertz CT molecular complexity index is 486. The van der Waals surface area contributed by atoms with E-state index in [-0.39, 0.29) is 12.8 Å². The molecule has 0 fully saturated rings. The van der Waals surface area contributed by atoms with E-state index in [0.29, 0.717) is 0 Å². The molecule has 0 N–H and O–H groups in total. The number of pyridine rings is 1. The standard InChI is InChI=1S/C10H7F6NO2/c1-2-19-9(18)7-6(11)5(10(14,15)16)4(3-17-7)8(12)13/h3,8H,2H2,1H3. The molecule has 0 unspecified atom stereocenters. The van der Waals surface area contributed by atoms with Crippen LogP contribution in [0.15, 0.2) is 6.20 Å². The van der Waals surface area contributed by atoms with Gasteiger partial charge in [0.15, 0.2) is 11.5 Å². The minimum absolute atomic E-state index is 0.114. The molecule has 0 atom stereocenters. The highest BCUT2D eigenvalue weighted by Gasteiger charge is 2.41. The van der Waals surface area contributed by atoms with Crippen molar-refractivity contribution in [2.45, 2.75) is 19.5 Å². The number of alkyl halides is 5. The Morgan fingerprint density at radius 1 is 1.42 bits per heavy atom. The molecule has 0 radical (unpaired) electrons. The summed E-state index contributed by atoms with van der Waals surface area (Å²) in [4.78, 5) is 14.1. The molecular formula is C10H7F6NO2. The average molecular weight is 287 g/mol. The summed E-state index contributed by atoms with van der Waals surface area (Å²) in [5.41, 5.74) is -5.11. The van der Waals surface area contributed by atoms with E-state index in [0.717, 1.165) is 0 Å². The van der Waals surface area contributed by atoms with Gasteiger partial charge in [0, 0.05) is 6.20 Å². The molecular weight excluding hydrogens is 280 g/mol. The SMILES string of the molecule is CCOC(=O)c1ncc(C(F)F)c(C(F)(F)F)c1F. The van der Waals surface area contributed by atoms with Gasteiger partial charge in [-0.1, -0.05) is 0 Å². The summed E-state index contributed by atoms with van der Waals surface area (Å²) >= 11 is 0. The lowest BCUT2D eigenvalue weighted by Crippen LogP contribution is -2.19. The molecule has 106 valence electrons. The van der Waals surface area contributed by atoms with E-state index in [9.17, 15) is 31.1 Å². The fraction of sp³-hybridized carbons (Fsp3) is 0.400. The first-order valence-electron chi connectivity index (χ1n) is 4.91. The summed E-state index contributed by atoms with van der Waals surface area (Å²) in [5.74, 6) is -3.62. The number of carbonyl (C=O) groups excluding carboxylic acids is 1. The lowest BCUT2D eigenvalue weighted by atomic mass is 10.1. The Labute approximate surface area is 103 Å². The van der Waals surface area contributed by atoms with Gasteiger partial charge >= 0.3 is 12.1 Å². The van der Waals surface area contributed by atoms with E-state index in [1.807, 2.05) is 0 Å². The number of esters is 1. The van der Waals surface area contributed by atoms with Crippen LogP contribution < -0.4 is 0 Å². The van der Waals surface area contributed by atoms with Crippen molar-refractivity contribution in [1.82, 2.24) is 4.98 Å². The number of halogens is 6. The number of rotatable bonds is 3. The quantitative estimate of drug-likeness (QED) is 0.632. The van der Waals surface area contributed by atoms with Gasteiger partial charge in [-0.05, 0) is 6.92 Å². The van der Waals surface area contributed by atoms with Gasteiger partial charge < -0.3 is 4.74 Å². The highest BCUT2D eigenvalue weighted by Crippen LogP contribution is 2.38. The molecule has 0 aliphatic rings. The molecule has 0 saturated heterocycles. The van der Waals surface area contributed by atoms with Crippen LogP contribution in [0.3, 0.4) is 0 Å². The number of aromatic nitrogens is 1. The third-order valence-electron chi connectivity index (χ3n) is 2.04. The molecule has 19 heavy (non-hydrogen) atoms. The minimum Gasteiger partial charge on any atom is -0.461 e. The van der Waals surface area contributed by atoms with Crippen LogP contribution in [0.1, 0.15) is 35.0 Å². The van der Waals surface area contributed by atoms with Gasteiger partial charge in [0.1, 0.15) is 5.56 Å². The van der Waals surface area contributed by atoms with Crippen molar-refractivity contribution in [3.63, 3.8) is 0 Å². The Morgan fingerprint density at radius 3 is 2.42 bits per heavy atom. The van der Waals surface area contributed by atoms with Gasteiger partial charge in [-0.25, -0.2) is 22.9 Å². The molecule has 9 heteroatoms. The molecule has 0 saturated carbocycles. The molecule has 0 aliphatic heterocycles. The predicted octanol–water partition coefficient (Wildman–Crippen LogP) is 3.35. The van der Waals surface area contributed by atoms with Crippen LogP contribution in [-0.2, 0) is 10.9 Å². The predicted molar refractivity (Wildman–Crippen MR) is 50.1 cm³/mol. The lowest BCUT2D eigenvalue weighted by molar-refractivity contribution is -0.142. The van der Waals surface area contributed by atoms with Crippen LogP contribution in [-0.4, -0.2) is 17.6 Å². The second kappa shape index (κ2) is 5.45. The maximum absolute atomic E-state index is 13.5. The van der Waals surface area contributed by atoms with Gasteiger partial charge in [0.25, 0.3) is 6.43 Å². The minimum atomic E-state index is -5.37. The smallest absolute Gasteiger partial charge is 0.419 e.